The molecule has 0 aliphatic carbocycles. The smallest absolute Gasteiger partial charge is 0.225 e. The number of rotatable bonds is 5. The molecule has 98 valence electrons. The SMILES string of the molecule is CC(C)CC(CN)NC(=O)C1CCC(=O)NC1. The van der Waals surface area contributed by atoms with Crippen molar-refractivity contribution in [3.8, 4) is 0 Å². The highest BCUT2D eigenvalue weighted by Gasteiger charge is 2.25. The summed E-state index contributed by atoms with van der Waals surface area (Å²) in [6, 6.07) is 0.0418. The summed E-state index contributed by atoms with van der Waals surface area (Å²) in [6.07, 6.45) is 1.97. The predicted octanol–water partition coefficient (Wildman–Crippen LogP) is 0.00220. The average molecular weight is 241 g/mol. The molecule has 5 nitrogen and oxygen atoms in total. The summed E-state index contributed by atoms with van der Waals surface area (Å²) in [7, 11) is 0. The Bertz CT molecular complexity index is 269. The van der Waals surface area contributed by atoms with Crippen molar-refractivity contribution in [3.05, 3.63) is 0 Å². The Balaban J connectivity index is 2.39. The van der Waals surface area contributed by atoms with Crippen LogP contribution in [0.2, 0.25) is 0 Å². The van der Waals surface area contributed by atoms with Crippen molar-refractivity contribution in [2.24, 2.45) is 17.6 Å². The van der Waals surface area contributed by atoms with Crippen LogP contribution in [0.3, 0.4) is 0 Å². The van der Waals surface area contributed by atoms with Gasteiger partial charge in [0.25, 0.3) is 0 Å². The van der Waals surface area contributed by atoms with Crippen molar-refractivity contribution in [1.82, 2.24) is 10.6 Å². The molecule has 2 amide bonds. The summed E-state index contributed by atoms with van der Waals surface area (Å²) in [5, 5.41) is 5.68. The molecule has 1 aliphatic heterocycles. The van der Waals surface area contributed by atoms with E-state index in [1.807, 2.05) is 0 Å². The third-order valence-electron chi connectivity index (χ3n) is 3.02. The third kappa shape index (κ3) is 4.73. The summed E-state index contributed by atoms with van der Waals surface area (Å²) in [5.41, 5.74) is 5.64. The molecule has 0 aromatic heterocycles. The maximum Gasteiger partial charge on any atom is 0.225 e. The monoisotopic (exact) mass is 241 g/mol. The van der Waals surface area contributed by atoms with E-state index in [4.69, 9.17) is 5.73 Å². The molecule has 0 radical (unpaired) electrons. The van der Waals surface area contributed by atoms with Gasteiger partial charge >= 0.3 is 0 Å². The topological polar surface area (TPSA) is 84.2 Å². The molecule has 0 aromatic carbocycles. The summed E-state index contributed by atoms with van der Waals surface area (Å²) in [4.78, 5) is 22.9. The van der Waals surface area contributed by atoms with Crippen LogP contribution < -0.4 is 16.4 Å². The Morgan fingerprint density at radius 2 is 2.29 bits per heavy atom. The number of carbonyl (C=O) groups excluding carboxylic acids is 2. The lowest BCUT2D eigenvalue weighted by Crippen LogP contribution is -2.48. The number of nitrogens with two attached hydrogens (primary N) is 1. The normalized spacial score (nSPS) is 22.1. The van der Waals surface area contributed by atoms with E-state index in [-0.39, 0.29) is 23.8 Å². The van der Waals surface area contributed by atoms with Gasteiger partial charge in [-0.2, -0.15) is 0 Å². The Morgan fingerprint density at radius 1 is 1.59 bits per heavy atom. The molecule has 4 N–H and O–H groups in total. The molecule has 17 heavy (non-hydrogen) atoms. The molecular formula is C12H23N3O2. The summed E-state index contributed by atoms with van der Waals surface area (Å²) in [5.74, 6) is 0.455. The van der Waals surface area contributed by atoms with E-state index >= 15 is 0 Å². The van der Waals surface area contributed by atoms with Crippen LogP contribution in [0.5, 0.6) is 0 Å². The van der Waals surface area contributed by atoms with Crippen LogP contribution in [0.4, 0.5) is 0 Å². The molecule has 0 saturated carbocycles. The molecule has 5 heteroatoms. The summed E-state index contributed by atoms with van der Waals surface area (Å²) < 4.78 is 0. The molecule has 2 unspecified atom stereocenters. The highest BCUT2D eigenvalue weighted by Crippen LogP contribution is 2.12. The Hall–Kier alpha value is -1.10. The molecule has 1 saturated heterocycles. The minimum absolute atomic E-state index is 0.0149. The van der Waals surface area contributed by atoms with E-state index in [9.17, 15) is 9.59 Å². The summed E-state index contributed by atoms with van der Waals surface area (Å²) in [6.45, 7) is 5.12. The Kier molecular flexibility index (Phi) is 5.41. The lowest BCUT2D eigenvalue weighted by Gasteiger charge is -2.25. The van der Waals surface area contributed by atoms with Gasteiger partial charge in [0.2, 0.25) is 11.8 Å². The maximum atomic E-state index is 11.9. The van der Waals surface area contributed by atoms with Gasteiger partial charge in [-0.05, 0) is 18.8 Å². The fourth-order valence-corrected chi connectivity index (χ4v) is 2.06. The number of hydrogen-bond acceptors (Lipinski definition) is 3. The van der Waals surface area contributed by atoms with E-state index in [0.717, 1.165) is 6.42 Å². The van der Waals surface area contributed by atoms with Gasteiger partial charge in [0.1, 0.15) is 0 Å². The van der Waals surface area contributed by atoms with E-state index in [1.54, 1.807) is 0 Å². The van der Waals surface area contributed by atoms with Gasteiger partial charge in [-0.15, -0.1) is 0 Å². The van der Waals surface area contributed by atoms with Crippen LogP contribution in [0.15, 0.2) is 0 Å². The van der Waals surface area contributed by atoms with Crippen molar-refractivity contribution >= 4 is 11.8 Å². The van der Waals surface area contributed by atoms with Crippen LogP contribution in [0, 0.1) is 11.8 Å². The van der Waals surface area contributed by atoms with Gasteiger partial charge in [0, 0.05) is 25.6 Å². The number of carbonyl (C=O) groups is 2. The van der Waals surface area contributed by atoms with Crippen molar-refractivity contribution in [2.45, 2.75) is 39.2 Å². The zero-order valence-electron chi connectivity index (χ0n) is 10.7. The Morgan fingerprint density at radius 3 is 2.76 bits per heavy atom. The molecule has 0 aromatic rings. The first-order chi connectivity index (χ1) is 8.02. The molecule has 0 bridgehead atoms. The maximum absolute atomic E-state index is 11.9. The van der Waals surface area contributed by atoms with Crippen molar-refractivity contribution < 1.29 is 9.59 Å². The van der Waals surface area contributed by atoms with E-state index in [1.165, 1.54) is 0 Å². The van der Waals surface area contributed by atoms with Gasteiger partial charge < -0.3 is 16.4 Å². The first-order valence-electron chi connectivity index (χ1n) is 6.30. The van der Waals surface area contributed by atoms with Crippen molar-refractivity contribution in [1.29, 1.82) is 0 Å². The predicted molar refractivity (Wildman–Crippen MR) is 66.2 cm³/mol. The number of hydrogen-bond donors (Lipinski definition) is 3. The minimum atomic E-state index is -0.103. The highest BCUT2D eigenvalue weighted by atomic mass is 16.2. The molecule has 1 heterocycles. The average Bonchev–Trinajstić information content (AvgIpc) is 2.28. The van der Waals surface area contributed by atoms with Gasteiger partial charge in [0.15, 0.2) is 0 Å². The largest absolute Gasteiger partial charge is 0.355 e. The van der Waals surface area contributed by atoms with E-state index in [2.05, 4.69) is 24.5 Å². The van der Waals surface area contributed by atoms with Gasteiger partial charge in [-0.25, -0.2) is 0 Å². The second kappa shape index (κ2) is 6.59. The molecule has 2 atom stereocenters. The van der Waals surface area contributed by atoms with Crippen LogP contribution >= 0.6 is 0 Å². The van der Waals surface area contributed by atoms with Gasteiger partial charge in [0.05, 0.1) is 5.92 Å². The minimum Gasteiger partial charge on any atom is -0.355 e. The number of nitrogens with one attached hydrogen (secondary N) is 2. The zero-order valence-corrected chi connectivity index (χ0v) is 10.7. The fourth-order valence-electron chi connectivity index (χ4n) is 2.06. The van der Waals surface area contributed by atoms with Crippen LogP contribution in [-0.4, -0.2) is 30.9 Å². The lowest BCUT2D eigenvalue weighted by molar-refractivity contribution is -0.129. The van der Waals surface area contributed by atoms with Crippen molar-refractivity contribution in [3.63, 3.8) is 0 Å². The first-order valence-corrected chi connectivity index (χ1v) is 6.30. The second-order valence-corrected chi connectivity index (χ2v) is 5.11. The molecule has 1 aliphatic rings. The number of amides is 2. The van der Waals surface area contributed by atoms with E-state index in [0.29, 0.717) is 31.8 Å². The van der Waals surface area contributed by atoms with Gasteiger partial charge in [-0.1, -0.05) is 13.8 Å². The molecular weight excluding hydrogens is 218 g/mol. The van der Waals surface area contributed by atoms with Crippen molar-refractivity contribution in [2.75, 3.05) is 13.1 Å². The fraction of sp³-hybridized carbons (Fsp3) is 0.833. The number of piperidine rings is 1. The zero-order chi connectivity index (χ0) is 12.8. The van der Waals surface area contributed by atoms with Gasteiger partial charge in [-0.3, -0.25) is 9.59 Å². The standard InChI is InChI=1S/C12H23N3O2/c1-8(2)5-10(6-13)15-12(17)9-3-4-11(16)14-7-9/h8-10H,3-7,13H2,1-2H3,(H,14,16)(H,15,17). The Labute approximate surface area is 103 Å². The van der Waals surface area contributed by atoms with Crippen LogP contribution in [0.25, 0.3) is 0 Å². The van der Waals surface area contributed by atoms with Crippen LogP contribution in [0.1, 0.15) is 33.1 Å². The first kappa shape index (κ1) is 14.0. The lowest BCUT2D eigenvalue weighted by atomic mass is 9.97. The molecule has 1 fully saturated rings. The molecule has 0 spiro atoms. The van der Waals surface area contributed by atoms with E-state index < -0.39 is 0 Å². The van der Waals surface area contributed by atoms with Crippen LogP contribution in [-0.2, 0) is 9.59 Å². The highest BCUT2D eigenvalue weighted by molar-refractivity contribution is 5.83. The quantitative estimate of drug-likeness (QED) is 0.633. The summed E-state index contributed by atoms with van der Waals surface area (Å²) >= 11 is 0. The third-order valence-corrected chi connectivity index (χ3v) is 3.02. The molecule has 1 rings (SSSR count). The second-order valence-electron chi connectivity index (χ2n) is 5.11.